The first-order chi connectivity index (χ1) is 14.2. The SMILES string of the molecule is COc1cc(CN2CCCCC2)cc(-c2cnc3[nH]c4cnc(N)cc4c3c2)c1. The maximum atomic E-state index is 5.90. The molecule has 0 saturated carbocycles. The van der Waals surface area contributed by atoms with Gasteiger partial charge in [0, 0.05) is 29.1 Å². The number of aromatic nitrogens is 3. The first kappa shape index (κ1) is 17.9. The summed E-state index contributed by atoms with van der Waals surface area (Å²) in [5, 5.41) is 2.09. The van der Waals surface area contributed by atoms with Gasteiger partial charge >= 0.3 is 0 Å². The topological polar surface area (TPSA) is 80.1 Å². The fourth-order valence-electron chi connectivity index (χ4n) is 4.26. The predicted octanol–water partition coefficient (Wildman–Crippen LogP) is 4.35. The lowest BCUT2D eigenvalue weighted by atomic mass is 10.0. The second kappa shape index (κ2) is 7.37. The lowest BCUT2D eigenvalue weighted by molar-refractivity contribution is 0.220. The van der Waals surface area contributed by atoms with Crippen molar-refractivity contribution >= 4 is 27.8 Å². The lowest BCUT2D eigenvalue weighted by Gasteiger charge is -2.26. The molecule has 1 aliphatic heterocycles. The molecule has 1 saturated heterocycles. The van der Waals surface area contributed by atoms with Crippen LogP contribution in [0.4, 0.5) is 5.82 Å². The van der Waals surface area contributed by atoms with Crippen LogP contribution in [-0.2, 0) is 6.54 Å². The average Bonchev–Trinajstić information content (AvgIpc) is 3.11. The summed E-state index contributed by atoms with van der Waals surface area (Å²) >= 11 is 0. The van der Waals surface area contributed by atoms with Crippen LogP contribution < -0.4 is 10.5 Å². The second-order valence-electron chi connectivity index (χ2n) is 7.81. The van der Waals surface area contributed by atoms with Gasteiger partial charge in [0.2, 0.25) is 0 Å². The third-order valence-corrected chi connectivity index (χ3v) is 5.75. The summed E-state index contributed by atoms with van der Waals surface area (Å²) < 4.78 is 5.59. The summed E-state index contributed by atoms with van der Waals surface area (Å²) in [7, 11) is 1.72. The number of anilines is 1. The quantitative estimate of drug-likeness (QED) is 0.544. The third kappa shape index (κ3) is 3.51. The Hall–Kier alpha value is -3.12. The molecule has 0 bridgehead atoms. The Morgan fingerprint density at radius 2 is 1.83 bits per heavy atom. The first-order valence-electron chi connectivity index (χ1n) is 10.1. The Kier molecular flexibility index (Phi) is 4.56. The Morgan fingerprint density at radius 3 is 2.66 bits per heavy atom. The number of ether oxygens (including phenoxy) is 1. The van der Waals surface area contributed by atoms with E-state index < -0.39 is 0 Å². The van der Waals surface area contributed by atoms with E-state index >= 15 is 0 Å². The van der Waals surface area contributed by atoms with Crippen molar-refractivity contribution in [2.45, 2.75) is 25.8 Å². The van der Waals surface area contributed by atoms with Crippen molar-refractivity contribution in [1.82, 2.24) is 19.9 Å². The molecule has 1 fully saturated rings. The summed E-state index contributed by atoms with van der Waals surface area (Å²) in [6, 6.07) is 10.5. The molecule has 3 aromatic heterocycles. The molecule has 1 aliphatic rings. The number of nitrogens with one attached hydrogen (secondary N) is 1. The van der Waals surface area contributed by atoms with Crippen LogP contribution in [0.1, 0.15) is 24.8 Å². The van der Waals surface area contributed by atoms with Crippen molar-refractivity contribution < 1.29 is 4.74 Å². The number of aromatic amines is 1. The van der Waals surface area contributed by atoms with E-state index in [2.05, 4.69) is 44.1 Å². The van der Waals surface area contributed by atoms with Gasteiger partial charge in [0.05, 0.1) is 18.8 Å². The largest absolute Gasteiger partial charge is 0.497 e. The van der Waals surface area contributed by atoms with E-state index in [-0.39, 0.29) is 0 Å². The van der Waals surface area contributed by atoms with Gasteiger partial charge in [-0.05, 0) is 67.4 Å². The Balaban J connectivity index is 1.56. The smallest absolute Gasteiger partial charge is 0.138 e. The number of pyridine rings is 2. The first-order valence-corrected chi connectivity index (χ1v) is 10.1. The van der Waals surface area contributed by atoms with Crippen molar-refractivity contribution in [2.24, 2.45) is 0 Å². The van der Waals surface area contributed by atoms with Crippen LogP contribution in [-0.4, -0.2) is 40.1 Å². The van der Waals surface area contributed by atoms with Gasteiger partial charge in [-0.25, -0.2) is 9.97 Å². The van der Waals surface area contributed by atoms with Gasteiger partial charge in [-0.1, -0.05) is 6.42 Å². The number of hydrogen-bond donors (Lipinski definition) is 2. The minimum atomic E-state index is 0.508. The highest BCUT2D eigenvalue weighted by Crippen LogP contribution is 2.31. The number of fused-ring (bicyclic) bond motifs is 3. The van der Waals surface area contributed by atoms with Gasteiger partial charge in [-0.2, -0.15) is 0 Å². The van der Waals surface area contributed by atoms with Gasteiger partial charge in [0.25, 0.3) is 0 Å². The molecule has 6 nitrogen and oxygen atoms in total. The molecule has 0 atom stereocenters. The molecule has 4 heterocycles. The predicted molar refractivity (Wildman–Crippen MR) is 117 cm³/mol. The van der Waals surface area contributed by atoms with Crippen LogP contribution in [0, 0.1) is 0 Å². The van der Waals surface area contributed by atoms with Crippen molar-refractivity contribution in [2.75, 3.05) is 25.9 Å². The van der Waals surface area contributed by atoms with Crippen molar-refractivity contribution in [3.05, 3.63) is 48.3 Å². The number of nitrogens with zero attached hydrogens (tertiary/aromatic N) is 3. The van der Waals surface area contributed by atoms with Gasteiger partial charge in [0.1, 0.15) is 17.2 Å². The number of benzene rings is 1. The van der Waals surface area contributed by atoms with Crippen molar-refractivity contribution in [1.29, 1.82) is 0 Å². The monoisotopic (exact) mass is 387 g/mol. The molecule has 0 aliphatic carbocycles. The van der Waals surface area contributed by atoms with Gasteiger partial charge < -0.3 is 15.5 Å². The molecule has 0 spiro atoms. The highest BCUT2D eigenvalue weighted by atomic mass is 16.5. The number of piperidine rings is 1. The fraction of sp³-hybridized carbons (Fsp3) is 0.304. The van der Waals surface area contributed by atoms with E-state index in [1.165, 1.54) is 37.9 Å². The summed E-state index contributed by atoms with van der Waals surface area (Å²) in [6.07, 6.45) is 7.59. The van der Waals surface area contributed by atoms with Crippen molar-refractivity contribution in [3.63, 3.8) is 0 Å². The number of rotatable bonds is 4. The van der Waals surface area contributed by atoms with Crippen LogP contribution in [0.15, 0.2) is 42.7 Å². The lowest BCUT2D eigenvalue weighted by Crippen LogP contribution is -2.29. The molecule has 0 radical (unpaired) electrons. The highest BCUT2D eigenvalue weighted by molar-refractivity contribution is 6.07. The van der Waals surface area contributed by atoms with Gasteiger partial charge in [0.15, 0.2) is 0 Å². The molecule has 29 heavy (non-hydrogen) atoms. The maximum absolute atomic E-state index is 5.90. The van der Waals surface area contributed by atoms with E-state index in [1.807, 2.05) is 12.3 Å². The number of methoxy groups -OCH3 is 1. The van der Waals surface area contributed by atoms with Gasteiger partial charge in [-0.3, -0.25) is 4.90 Å². The molecule has 3 N–H and O–H groups in total. The van der Waals surface area contributed by atoms with Crippen LogP contribution in [0.2, 0.25) is 0 Å². The zero-order valence-electron chi connectivity index (χ0n) is 16.6. The van der Waals surface area contributed by atoms with E-state index in [4.69, 9.17) is 10.5 Å². The minimum Gasteiger partial charge on any atom is -0.497 e. The Bertz CT molecular complexity index is 1180. The summed E-state index contributed by atoms with van der Waals surface area (Å²) in [5.74, 6) is 1.39. The molecule has 4 aromatic rings. The zero-order chi connectivity index (χ0) is 19.8. The van der Waals surface area contributed by atoms with E-state index in [0.29, 0.717) is 5.82 Å². The molecular weight excluding hydrogens is 362 g/mol. The van der Waals surface area contributed by atoms with Crippen LogP contribution in [0.3, 0.4) is 0 Å². The number of likely N-dealkylation sites (tertiary alicyclic amines) is 1. The third-order valence-electron chi connectivity index (χ3n) is 5.75. The van der Waals surface area contributed by atoms with E-state index in [9.17, 15) is 0 Å². The molecular formula is C23H25N5O. The van der Waals surface area contributed by atoms with E-state index in [0.717, 1.165) is 45.4 Å². The molecule has 0 amide bonds. The van der Waals surface area contributed by atoms with Crippen LogP contribution >= 0.6 is 0 Å². The summed E-state index contributed by atoms with van der Waals surface area (Å²) in [4.78, 5) is 14.7. The fourth-order valence-corrected chi connectivity index (χ4v) is 4.26. The van der Waals surface area contributed by atoms with E-state index in [1.54, 1.807) is 13.3 Å². The number of H-pyrrole nitrogens is 1. The minimum absolute atomic E-state index is 0.508. The standard InChI is InChI=1S/C23H25N5O/c1-29-18-8-15(14-28-5-3-2-4-6-28)7-16(9-18)17-10-20-19-11-22(24)25-13-21(19)27-23(20)26-12-17/h7-13H,2-6,14H2,1H3,(H2,24,25)(H,26,27). The average molecular weight is 387 g/mol. The Morgan fingerprint density at radius 1 is 0.966 bits per heavy atom. The molecule has 1 aromatic carbocycles. The maximum Gasteiger partial charge on any atom is 0.138 e. The number of nitrogen functional groups attached to an aromatic ring is 1. The highest BCUT2D eigenvalue weighted by Gasteiger charge is 2.13. The van der Waals surface area contributed by atoms with Crippen LogP contribution in [0.5, 0.6) is 5.75 Å². The number of nitrogens with two attached hydrogens (primary N) is 1. The molecule has 148 valence electrons. The van der Waals surface area contributed by atoms with Crippen LogP contribution in [0.25, 0.3) is 33.1 Å². The zero-order valence-corrected chi connectivity index (χ0v) is 16.6. The van der Waals surface area contributed by atoms with Gasteiger partial charge in [-0.15, -0.1) is 0 Å². The van der Waals surface area contributed by atoms with Crippen molar-refractivity contribution in [3.8, 4) is 16.9 Å². The molecule has 0 unspecified atom stereocenters. The number of hydrogen-bond acceptors (Lipinski definition) is 5. The summed E-state index contributed by atoms with van der Waals surface area (Å²) in [5.41, 5.74) is 11.1. The normalized spacial score (nSPS) is 15.2. The second-order valence-corrected chi connectivity index (χ2v) is 7.81. The molecule has 6 heteroatoms. The molecule has 5 rings (SSSR count). The Labute approximate surface area is 169 Å². The summed E-state index contributed by atoms with van der Waals surface area (Å²) in [6.45, 7) is 3.30.